The molecule has 0 aromatic heterocycles. The van der Waals surface area contributed by atoms with Gasteiger partial charge in [0.25, 0.3) is 5.91 Å². The number of hydrogen-bond acceptors (Lipinski definition) is 7. The van der Waals surface area contributed by atoms with Crippen LogP contribution in [0, 0.1) is 0 Å². The highest BCUT2D eigenvalue weighted by atomic mass is 16.7. The number of carbonyl (C=O) groups is 2. The molecule has 3 aliphatic heterocycles. The minimum absolute atomic E-state index is 0.0334. The van der Waals surface area contributed by atoms with E-state index in [0.717, 1.165) is 11.1 Å². The first kappa shape index (κ1) is 25.9. The smallest absolute Gasteiger partial charge is 0.313 e. The van der Waals surface area contributed by atoms with Gasteiger partial charge in [0.1, 0.15) is 5.92 Å². The lowest BCUT2D eigenvalue weighted by Gasteiger charge is -2.42. The molecule has 2 atom stereocenters. The lowest BCUT2D eigenvalue weighted by molar-refractivity contribution is -0.140. The molecule has 1 N–H and O–H groups in total. The van der Waals surface area contributed by atoms with Crippen LogP contribution in [0.4, 0.5) is 0 Å². The zero-order valence-electron chi connectivity index (χ0n) is 22.5. The van der Waals surface area contributed by atoms with Crippen molar-refractivity contribution in [2.45, 2.75) is 31.7 Å². The third-order valence-corrected chi connectivity index (χ3v) is 7.85. The molecule has 0 saturated carbocycles. The summed E-state index contributed by atoms with van der Waals surface area (Å²) in [5, 5.41) is 10.8. The molecule has 9 nitrogen and oxygen atoms in total. The number of hydrogen-bond donors (Lipinski definition) is 1. The molecule has 0 saturated heterocycles. The Hall–Kier alpha value is -5.02. The van der Waals surface area contributed by atoms with Crippen LogP contribution in [0.1, 0.15) is 50.1 Å². The van der Waals surface area contributed by atoms with Crippen molar-refractivity contribution in [2.75, 3.05) is 13.6 Å². The number of carboxylic acid groups (broad SMARTS) is 1. The first-order valence-corrected chi connectivity index (χ1v) is 13.6. The van der Waals surface area contributed by atoms with Crippen LogP contribution in [0.3, 0.4) is 0 Å². The van der Waals surface area contributed by atoms with Gasteiger partial charge in [-0.3, -0.25) is 9.59 Å². The summed E-state index contributed by atoms with van der Waals surface area (Å²) in [7, 11) is 0. The van der Waals surface area contributed by atoms with Crippen LogP contribution in [0.5, 0.6) is 23.0 Å². The topological polar surface area (TPSA) is 104 Å². The molecule has 0 unspecified atom stereocenters. The Bertz CT molecular complexity index is 1660. The van der Waals surface area contributed by atoms with Gasteiger partial charge in [-0.15, -0.1) is 0 Å². The fourth-order valence-electron chi connectivity index (χ4n) is 5.98. The van der Waals surface area contributed by atoms with Crippen LogP contribution in [-0.4, -0.2) is 35.5 Å². The molecule has 9 heteroatoms. The molecule has 0 spiro atoms. The molecule has 0 radical (unpaired) electrons. The van der Waals surface area contributed by atoms with Gasteiger partial charge in [0.15, 0.2) is 23.0 Å². The van der Waals surface area contributed by atoms with Gasteiger partial charge < -0.3 is 33.7 Å². The quantitative estimate of drug-likeness (QED) is 0.302. The second kappa shape index (κ2) is 10.8. The number of benzene rings is 4. The van der Waals surface area contributed by atoms with Gasteiger partial charge in [-0.25, -0.2) is 0 Å². The zero-order valence-corrected chi connectivity index (χ0v) is 22.5. The molecular weight excluding hydrogens is 538 g/mol. The van der Waals surface area contributed by atoms with Gasteiger partial charge in [0, 0.05) is 23.2 Å². The number of amides is 1. The van der Waals surface area contributed by atoms with Gasteiger partial charge >= 0.3 is 5.97 Å². The van der Waals surface area contributed by atoms with Gasteiger partial charge in [-0.2, -0.15) is 0 Å². The minimum atomic E-state index is -1.16. The number of ether oxygens (including phenoxy) is 5. The van der Waals surface area contributed by atoms with E-state index in [2.05, 4.69) is 0 Å². The van der Waals surface area contributed by atoms with E-state index in [9.17, 15) is 14.7 Å². The molecule has 0 aliphatic carbocycles. The summed E-state index contributed by atoms with van der Waals surface area (Å²) in [6, 6.07) is 25.2. The summed E-state index contributed by atoms with van der Waals surface area (Å²) in [6.07, 6.45) is 0. The number of nitrogens with zero attached hydrogens (tertiary/aromatic N) is 1. The van der Waals surface area contributed by atoms with Crippen molar-refractivity contribution < 1.29 is 38.4 Å². The second-order valence-electron chi connectivity index (χ2n) is 10.3. The van der Waals surface area contributed by atoms with Crippen LogP contribution in [0.2, 0.25) is 0 Å². The van der Waals surface area contributed by atoms with Crippen molar-refractivity contribution in [1.82, 2.24) is 4.90 Å². The van der Waals surface area contributed by atoms with Crippen molar-refractivity contribution in [3.63, 3.8) is 0 Å². The van der Waals surface area contributed by atoms with Crippen LogP contribution in [0.25, 0.3) is 0 Å². The van der Waals surface area contributed by atoms with Crippen molar-refractivity contribution in [3.05, 3.63) is 118 Å². The van der Waals surface area contributed by atoms with Gasteiger partial charge in [-0.05, 0) is 34.9 Å². The van der Waals surface area contributed by atoms with Crippen molar-refractivity contribution in [1.29, 1.82) is 0 Å². The van der Waals surface area contributed by atoms with E-state index in [-0.39, 0.29) is 38.2 Å². The molecular formula is C33H27NO8. The zero-order chi connectivity index (χ0) is 28.6. The molecule has 212 valence electrons. The average Bonchev–Trinajstić information content (AvgIpc) is 3.69. The Balaban J connectivity index is 1.38. The molecule has 0 bridgehead atoms. The SMILES string of the molecule is O=C(O)[C@H]1c2c(ccc3c2OCO3)C(=O)N(Cc2ccccc2)[C@H]1c1ccc2c(c1COCc1ccccc1)OCO2. The predicted molar refractivity (Wildman–Crippen MR) is 149 cm³/mol. The number of aliphatic carboxylic acids is 1. The third-order valence-electron chi connectivity index (χ3n) is 7.85. The van der Waals surface area contributed by atoms with Crippen LogP contribution in [0.15, 0.2) is 84.9 Å². The molecule has 3 heterocycles. The number of carbonyl (C=O) groups excluding carboxylic acids is 1. The normalized spacial score (nSPS) is 18.2. The maximum Gasteiger partial charge on any atom is 0.313 e. The maximum absolute atomic E-state index is 14.3. The lowest BCUT2D eigenvalue weighted by Crippen LogP contribution is -2.45. The monoisotopic (exact) mass is 565 g/mol. The van der Waals surface area contributed by atoms with Gasteiger partial charge in [0.2, 0.25) is 13.6 Å². The Labute approximate surface area is 241 Å². The highest BCUT2D eigenvalue weighted by Gasteiger charge is 2.48. The first-order chi connectivity index (χ1) is 20.6. The van der Waals surface area contributed by atoms with Crippen LogP contribution in [-0.2, 0) is 29.3 Å². The van der Waals surface area contributed by atoms with Crippen LogP contribution < -0.4 is 18.9 Å². The Morgan fingerprint density at radius 3 is 2.14 bits per heavy atom. The highest BCUT2D eigenvalue weighted by Crippen LogP contribution is 2.53. The van der Waals surface area contributed by atoms with Crippen LogP contribution >= 0.6 is 0 Å². The summed E-state index contributed by atoms with van der Waals surface area (Å²) in [4.78, 5) is 29.1. The minimum Gasteiger partial charge on any atom is -0.481 e. The summed E-state index contributed by atoms with van der Waals surface area (Å²) < 4.78 is 29.0. The lowest BCUT2D eigenvalue weighted by atomic mass is 9.77. The molecule has 1 amide bonds. The fraction of sp³-hybridized carbons (Fsp3) is 0.212. The molecule has 4 aromatic carbocycles. The van der Waals surface area contributed by atoms with E-state index in [4.69, 9.17) is 23.7 Å². The number of rotatable bonds is 8. The van der Waals surface area contributed by atoms with Crippen molar-refractivity contribution in [2.24, 2.45) is 0 Å². The largest absolute Gasteiger partial charge is 0.481 e. The molecule has 0 fully saturated rings. The number of fused-ring (bicyclic) bond motifs is 4. The Morgan fingerprint density at radius 1 is 0.786 bits per heavy atom. The predicted octanol–water partition coefficient (Wildman–Crippen LogP) is 5.43. The van der Waals surface area contributed by atoms with E-state index in [1.807, 2.05) is 66.7 Å². The maximum atomic E-state index is 14.3. The standard InChI is InChI=1S/C33H27NO8/c35-32-23-12-14-26-31(42-19-40-26)27(23)28(33(36)37)29(34(32)15-20-7-3-1-4-8-20)22-11-13-25-30(41-18-39-25)24(22)17-38-16-21-9-5-2-6-10-21/h1-14,28-29H,15-19H2,(H,36,37)/t28-,29-/m0/s1. The van der Waals surface area contributed by atoms with E-state index in [1.165, 1.54) is 0 Å². The highest BCUT2D eigenvalue weighted by molar-refractivity contribution is 6.02. The van der Waals surface area contributed by atoms with E-state index in [1.54, 1.807) is 23.1 Å². The molecule has 7 rings (SSSR count). The van der Waals surface area contributed by atoms with Crippen molar-refractivity contribution in [3.8, 4) is 23.0 Å². The second-order valence-corrected chi connectivity index (χ2v) is 10.3. The van der Waals surface area contributed by atoms with E-state index in [0.29, 0.717) is 46.3 Å². The van der Waals surface area contributed by atoms with Gasteiger partial charge in [-0.1, -0.05) is 66.7 Å². The summed E-state index contributed by atoms with van der Waals surface area (Å²) in [5.74, 6) is -0.820. The Morgan fingerprint density at radius 2 is 1.43 bits per heavy atom. The number of carboxylic acids is 1. The summed E-state index contributed by atoms with van der Waals surface area (Å²) in [6.45, 7) is 0.637. The fourth-order valence-corrected chi connectivity index (χ4v) is 5.98. The van der Waals surface area contributed by atoms with Crippen molar-refractivity contribution >= 4 is 11.9 Å². The summed E-state index contributed by atoms with van der Waals surface area (Å²) >= 11 is 0. The first-order valence-electron chi connectivity index (χ1n) is 13.6. The van der Waals surface area contributed by atoms with Gasteiger partial charge in [0.05, 0.1) is 19.3 Å². The third kappa shape index (κ3) is 4.48. The molecule has 4 aromatic rings. The van der Waals surface area contributed by atoms with E-state index < -0.39 is 17.9 Å². The van der Waals surface area contributed by atoms with E-state index >= 15 is 0 Å². The molecule has 42 heavy (non-hydrogen) atoms. The molecule has 3 aliphatic rings. The average molecular weight is 566 g/mol. The Kier molecular flexibility index (Phi) is 6.64. The summed E-state index contributed by atoms with van der Waals surface area (Å²) in [5.41, 5.74) is 3.69.